The summed E-state index contributed by atoms with van der Waals surface area (Å²) >= 11 is 0. The van der Waals surface area contributed by atoms with Gasteiger partial charge in [0.1, 0.15) is 6.29 Å². The minimum atomic E-state index is -1.83. The Morgan fingerprint density at radius 1 is 1.36 bits per heavy atom. The van der Waals surface area contributed by atoms with Crippen LogP contribution in [0.3, 0.4) is 0 Å². The van der Waals surface area contributed by atoms with Crippen LogP contribution >= 0.6 is 0 Å². The zero-order chi connectivity index (χ0) is 10.6. The number of carboxylic acid groups (broad SMARTS) is 1. The molecule has 0 aliphatic carbocycles. The molecule has 1 rings (SSSR count). The topological polar surface area (TPSA) is 74.6 Å². The average molecular weight is 194 g/mol. The molecule has 0 bridgehead atoms. The van der Waals surface area contributed by atoms with E-state index in [1.54, 1.807) is 18.2 Å². The number of aliphatic hydroxyl groups is 1. The van der Waals surface area contributed by atoms with Crippen LogP contribution in [-0.2, 0) is 15.0 Å². The van der Waals surface area contributed by atoms with Gasteiger partial charge in [-0.15, -0.1) is 0 Å². The van der Waals surface area contributed by atoms with Crippen molar-refractivity contribution in [1.29, 1.82) is 0 Å². The number of aldehydes is 1. The van der Waals surface area contributed by atoms with Crippen LogP contribution < -0.4 is 0 Å². The summed E-state index contributed by atoms with van der Waals surface area (Å²) in [7, 11) is 0. The summed E-state index contributed by atoms with van der Waals surface area (Å²) in [6.07, 6.45) is 0.255. The number of aliphatic carboxylic acids is 1. The zero-order valence-corrected chi connectivity index (χ0v) is 7.38. The van der Waals surface area contributed by atoms with Crippen LogP contribution in [-0.4, -0.2) is 29.1 Å². The van der Waals surface area contributed by atoms with Gasteiger partial charge in [0.25, 0.3) is 0 Å². The molecule has 4 nitrogen and oxygen atoms in total. The number of carboxylic acids is 1. The second-order valence-electron chi connectivity index (χ2n) is 2.92. The van der Waals surface area contributed by atoms with E-state index in [0.29, 0.717) is 0 Å². The summed E-state index contributed by atoms with van der Waals surface area (Å²) in [4.78, 5) is 21.7. The first-order valence-electron chi connectivity index (χ1n) is 4.03. The molecule has 0 aromatic heterocycles. The fourth-order valence-corrected chi connectivity index (χ4v) is 1.17. The predicted octanol–water partition coefficient (Wildman–Crippen LogP) is 0.200. The second-order valence-corrected chi connectivity index (χ2v) is 2.92. The highest BCUT2D eigenvalue weighted by Crippen LogP contribution is 2.21. The lowest BCUT2D eigenvalue weighted by atomic mass is 9.83. The van der Waals surface area contributed by atoms with Gasteiger partial charge in [0, 0.05) is 0 Å². The van der Waals surface area contributed by atoms with Gasteiger partial charge in [0.2, 0.25) is 0 Å². The lowest BCUT2D eigenvalue weighted by Gasteiger charge is -2.20. The van der Waals surface area contributed by atoms with Crippen LogP contribution in [0.1, 0.15) is 5.56 Å². The van der Waals surface area contributed by atoms with Crippen molar-refractivity contribution in [1.82, 2.24) is 0 Å². The molecule has 1 aromatic rings. The zero-order valence-electron chi connectivity index (χ0n) is 7.38. The third-order valence-corrected chi connectivity index (χ3v) is 2.12. The van der Waals surface area contributed by atoms with Crippen LogP contribution in [0, 0.1) is 0 Å². The van der Waals surface area contributed by atoms with Gasteiger partial charge in [-0.1, -0.05) is 30.3 Å². The van der Waals surface area contributed by atoms with Crippen LogP contribution in [0.4, 0.5) is 0 Å². The summed E-state index contributed by atoms with van der Waals surface area (Å²) in [5.41, 5.74) is -1.55. The summed E-state index contributed by atoms with van der Waals surface area (Å²) in [6, 6.07) is 7.94. The minimum absolute atomic E-state index is 0.255. The molecule has 74 valence electrons. The number of benzene rings is 1. The summed E-state index contributed by atoms with van der Waals surface area (Å²) < 4.78 is 0. The Balaban J connectivity index is 3.24. The summed E-state index contributed by atoms with van der Waals surface area (Å²) in [6.45, 7) is -0.740. The largest absolute Gasteiger partial charge is 0.480 e. The lowest BCUT2D eigenvalue weighted by Crippen LogP contribution is -2.41. The van der Waals surface area contributed by atoms with E-state index < -0.39 is 18.0 Å². The van der Waals surface area contributed by atoms with Crippen LogP contribution in [0.25, 0.3) is 0 Å². The fourth-order valence-electron chi connectivity index (χ4n) is 1.17. The van der Waals surface area contributed by atoms with Gasteiger partial charge in [-0.05, 0) is 5.56 Å². The van der Waals surface area contributed by atoms with Gasteiger partial charge in [-0.3, -0.25) is 4.79 Å². The third kappa shape index (κ3) is 1.52. The molecule has 0 fully saturated rings. The van der Waals surface area contributed by atoms with E-state index >= 15 is 0 Å². The number of carbonyl (C=O) groups excluding carboxylic acids is 1. The molecule has 1 unspecified atom stereocenters. The van der Waals surface area contributed by atoms with Gasteiger partial charge in [0.15, 0.2) is 5.41 Å². The SMILES string of the molecule is O=CC(CO)(C(=O)O)c1ccccc1. The summed E-state index contributed by atoms with van der Waals surface area (Å²) in [5, 5.41) is 17.9. The van der Waals surface area contributed by atoms with Gasteiger partial charge >= 0.3 is 5.97 Å². The van der Waals surface area contributed by atoms with Crippen molar-refractivity contribution in [2.75, 3.05) is 6.61 Å². The van der Waals surface area contributed by atoms with E-state index in [4.69, 9.17) is 10.2 Å². The standard InChI is InChI=1S/C10H10O4/c11-6-10(7-12,9(13)14)8-4-2-1-3-5-8/h1-6,12H,7H2,(H,13,14). The smallest absolute Gasteiger partial charge is 0.323 e. The van der Waals surface area contributed by atoms with Crippen LogP contribution in [0.5, 0.6) is 0 Å². The Morgan fingerprint density at radius 3 is 2.29 bits per heavy atom. The molecule has 0 aliphatic heterocycles. The van der Waals surface area contributed by atoms with E-state index in [1.165, 1.54) is 12.1 Å². The van der Waals surface area contributed by atoms with Crippen molar-refractivity contribution in [3.8, 4) is 0 Å². The minimum Gasteiger partial charge on any atom is -0.480 e. The Hall–Kier alpha value is -1.68. The van der Waals surface area contributed by atoms with Crippen molar-refractivity contribution in [2.24, 2.45) is 0 Å². The monoisotopic (exact) mass is 194 g/mol. The molecule has 0 amide bonds. The number of rotatable bonds is 4. The van der Waals surface area contributed by atoms with Crippen molar-refractivity contribution in [3.05, 3.63) is 35.9 Å². The molecule has 0 aliphatic rings. The summed E-state index contributed by atoms with van der Waals surface area (Å²) in [5.74, 6) is -1.35. The highest BCUT2D eigenvalue weighted by Gasteiger charge is 2.39. The Bertz CT molecular complexity index is 333. The second kappa shape index (κ2) is 4.02. The van der Waals surface area contributed by atoms with Crippen molar-refractivity contribution in [2.45, 2.75) is 5.41 Å². The maximum absolute atomic E-state index is 10.9. The van der Waals surface area contributed by atoms with E-state index in [9.17, 15) is 9.59 Å². The van der Waals surface area contributed by atoms with E-state index in [2.05, 4.69) is 0 Å². The average Bonchev–Trinajstić information content (AvgIpc) is 2.22. The number of hydrogen-bond acceptors (Lipinski definition) is 3. The predicted molar refractivity (Wildman–Crippen MR) is 48.9 cm³/mol. The maximum atomic E-state index is 10.9. The quantitative estimate of drug-likeness (QED) is 0.530. The molecule has 0 saturated carbocycles. The number of aliphatic hydroxyl groups excluding tert-OH is 1. The molecule has 1 atom stereocenters. The first-order chi connectivity index (χ1) is 6.67. The van der Waals surface area contributed by atoms with Crippen LogP contribution in [0.15, 0.2) is 30.3 Å². The van der Waals surface area contributed by atoms with E-state index in [0.717, 1.165) is 0 Å². The van der Waals surface area contributed by atoms with Crippen LogP contribution in [0.2, 0.25) is 0 Å². The molecule has 0 spiro atoms. The molecule has 1 aromatic carbocycles. The molecule has 14 heavy (non-hydrogen) atoms. The normalized spacial score (nSPS) is 14.4. The van der Waals surface area contributed by atoms with E-state index in [-0.39, 0.29) is 11.8 Å². The molecule has 4 heteroatoms. The van der Waals surface area contributed by atoms with E-state index in [1.807, 2.05) is 0 Å². The van der Waals surface area contributed by atoms with Gasteiger partial charge in [-0.2, -0.15) is 0 Å². The Morgan fingerprint density at radius 2 is 1.93 bits per heavy atom. The number of hydrogen-bond donors (Lipinski definition) is 2. The molecule has 0 radical (unpaired) electrons. The molecular formula is C10H10O4. The molecule has 0 saturated heterocycles. The van der Waals surface area contributed by atoms with Crippen molar-refractivity contribution in [3.63, 3.8) is 0 Å². The molecule has 2 N–H and O–H groups in total. The highest BCUT2D eigenvalue weighted by molar-refractivity contribution is 5.99. The lowest BCUT2D eigenvalue weighted by molar-refractivity contribution is -0.147. The van der Waals surface area contributed by atoms with Gasteiger partial charge in [-0.25, -0.2) is 0 Å². The first kappa shape index (κ1) is 10.4. The maximum Gasteiger partial charge on any atom is 0.323 e. The van der Waals surface area contributed by atoms with Gasteiger partial charge < -0.3 is 15.0 Å². The number of carbonyl (C=O) groups is 2. The van der Waals surface area contributed by atoms with Gasteiger partial charge in [0.05, 0.1) is 6.61 Å². The Kier molecular flexibility index (Phi) is 2.99. The first-order valence-corrected chi connectivity index (χ1v) is 4.03. The van der Waals surface area contributed by atoms with Crippen molar-refractivity contribution < 1.29 is 19.8 Å². The molecule has 0 heterocycles. The fraction of sp³-hybridized carbons (Fsp3) is 0.200. The third-order valence-electron chi connectivity index (χ3n) is 2.12. The highest BCUT2D eigenvalue weighted by atomic mass is 16.4. The Labute approximate surface area is 80.8 Å². The molecular weight excluding hydrogens is 184 g/mol. The van der Waals surface area contributed by atoms with Crippen molar-refractivity contribution >= 4 is 12.3 Å².